The highest BCUT2D eigenvalue weighted by atomic mass is 16.5. The number of nitrogens with one attached hydrogen (secondary N) is 1. The van der Waals surface area contributed by atoms with Crippen LogP contribution < -0.4 is 10.1 Å². The molecule has 1 aromatic rings. The number of hydrogen-bond acceptors (Lipinski definition) is 3. The first kappa shape index (κ1) is 16.0. The molecule has 0 aliphatic heterocycles. The molecular weight excluding hydrogens is 254 g/mol. The van der Waals surface area contributed by atoms with Crippen molar-refractivity contribution in [2.24, 2.45) is 0 Å². The second-order valence-electron chi connectivity index (χ2n) is 4.36. The van der Waals surface area contributed by atoms with Crippen LogP contribution in [0.3, 0.4) is 0 Å². The third-order valence-electron chi connectivity index (χ3n) is 2.37. The number of carbonyl (C=O) groups excluding carboxylic acids is 1. The average Bonchev–Trinajstić information content (AvgIpc) is 2.44. The molecule has 0 radical (unpaired) electrons. The lowest BCUT2D eigenvalue weighted by Gasteiger charge is -2.10. The Morgan fingerprint density at radius 3 is 2.85 bits per heavy atom. The van der Waals surface area contributed by atoms with Gasteiger partial charge in [0.2, 0.25) is 0 Å². The van der Waals surface area contributed by atoms with Crippen molar-refractivity contribution in [2.75, 3.05) is 26.4 Å². The summed E-state index contributed by atoms with van der Waals surface area (Å²) < 4.78 is 10.8. The molecule has 0 aromatic heterocycles. The lowest BCUT2D eigenvalue weighted by molar-refractivity contribution is 0.0923. The van der Waals surface area contributed by atoms with Gasteiger partial charge in [-0.25, -0.2) is 0 Å². The molecular formula is C16H21NO3. The van der Waals surface area contributed by atoms with Gasteiger partial charge in [-0.15, -0.1) is 0 Å². The van der Waals surface area contributed by atoms with Gasteiger partial charge < -0.3 is 14.8 Å². The van der Waals surface area contributed by atoms with Crippen molar-refractivity contribution < 1.29 is 14.3 Å². The van der Waals surface area contributed by atoms with E-state index in [0.717, 1.165) is 5.57 Å². The Morgan fingerprint density at radius 2 is 2.15 bits per heavy atom. The average molecular weight is 275 g/mol. The lowest BCUT2D eigenvalue weighted by atomic mass is 10.2. The van der Waals surface area contributed by atoms with Crippen LogP contribution in [-0.2, 0) is 4.74 Å². The summed E-state index contributed by atoms with van der Waals surface area (Å²) in [7, 11) is 0. The van der Waals surface area contributed by atoms with Gasteiger partial charge in [0.1, 0.15) is 12.4 Å². The Morgan fingerprint density at radius 1 is 1.40 bits per heavy atom. The molecule has 4 heteroatoms. The van der Waals surface area contributed by atoms with E-state index in [-0.39, 0.29) is 5.91 Å². The summed E-state index contributed by atoms with van der Waals surface area (Å²) in [6.45, 7) is 11.0. The fraction of sp³-hybridized carbons (Fsp3) is 0.312. The molecule has 0 aliphatic carbocycles. The van der Waals surface area contributed by atoms with Crippen LogP contribution >= 0.6 is 0 Å². The molecule has 1 N–H and O–H groups in total. The number of benzene rings is 1. The van der Waals surface area contributed by atoms with Crippen LogP contribution in [0.25, 0.3) is 0 Å². The minimum Gasteiger partial charge on any atom is -0.489 e. The van der Waals surface area contributed by atoms with E-state index in [9.17, 15) is 4.79 Å². The fourth-order valence-electron chi connectivity index (χ4n) is 1.51. The second kappa shape index (κ2) is 8.93. The first-order valence-electron chi connectivity index (χ1n) is 6.48. The number of rotatable bonds is 9. The van der Waals surface area contributed by atoms with Crippen molar-refractivity contribution in [3.8, 4) is 5.75 Å². The zero-order valence-electron chi connectivity index (χ0n) is 11.9. The number of ether oxygens (including phenoxy) is 2. The standard InChI is InChI=1S/C16H21NO3/c1-4-10-20-15-8-6-5-7-14(15)16(18)17-9-11-19-12-13(2)3/h4-8H,1-2,9-12H2,3H3,(H,17,18). The van der Waals surface area contributed by atoms with Crippen molar-refractivity contribution >= 4 is 5.91 Å². The van der Waals surface area contributed by atoms with E-state index >= 15 is 0 Å². The highest BCUT2D eigenvalue weighted by Crippen LogP contribution is 2.17. The molecule has 1 rings (SSSR count). The van der Waals surface area contributed by atoms with E-state index in [2.05, 4.69) is 18.5 Å². The van der Waals surface area contributed by atoms with Gasteiger partial charge in [-0.05, 0) is 19.1 Å². The Labute approximate surface area is 120 Å². The van der Waals surface area contributed by atoms with Crippen LogP contribution in [0.5, 0.6) is 5.75 Å². The highest BCUT2D eigenvalue weighted by molar-refractivity contribution is 5.96. The predicted octanol–water partition coefficient (Wildman–Crippen LogP) is 2.57. The Balaban J connectivity index is 2.46. The Hall–Kier alpha value is -2.07. The normalized spacial score (nSPS) is 9.85. The third kappa shape index (κ3) is 5.71. The summed E-state index contributed by atoms with van der Waals surface area (Å²) in [4.78, 5) is 12.0. The summed E-state index contributed by atoms with van der Waals surface area (Å²) in [5.41, 5.74) is 1.47. The van der Waals surface area contributed by atoms with Crippen molar-refractivity contribution in [1.29, 1.82) is 0 Å². The maximum absolute atomic E-state index is 12.0. The Kier molecular flexibility index (Phi) is 7.14. The first-order valence-corrected chi connectivity index (χ1v) is 6.48. The van der Waals surface area contributed by atoms with Gasteiger partial charge >= 0.3 is 0 Å². The molecule has 0 fully saturated rings. The monoisotopic (exact) mass is 275 g/mol. The van der Waals surface area contributed by atoms with Crippen LogP contribution in [0.15, 0.2) is 49.1 Å². The van der Waals surface area contributed by atoms with Crippen molar-refractivity contribution in [3.63, 3.8) is 0 Å². The number of amides is 1. The van der Waals surface area contributed by atoms with E-state index < -0.39 is 0 Å². The van der Waals surface area contributed by atoms with Crippen LogP contribution in [0.4, 0.5) is 0 Å². The number of carbonyl (C=O) groups is 1. The van der Waals surface area contributed by atoms with Gasteiger partial charge in [-0.2, -0.15) is 0 Å². The topological polar surface area (TPSA) is 47.6 Å². The molecule has 108 valence electrons. The lowest BCUT2D eigenvalue weighted by Crippen LogP contribution is -2.27. The van der Waals surface area contributed by atoms with Crippen molar-refractivity contribution in [3.05, 3.63) is 54.6 Å². The zero-order valence-corrected chi connectivity index (χ0v) is 11.9. The van der Waals surface area contributed by atoms with E-state index in [1.807, 2.05) is 13.0 Å². The van der Waals surface area contributed by atoms with E-state index in [1.165, 1.54) is 0 Å². The maximum Gasteiger partial charge on any atom is 0.255 e. The minimum atomic E-state index is -0.177. The van der Waals surface area contributed by atoms with Crippen LogP contribution in [-0.4, -0.2) is 32.3 Å². The van der Waals surface area contributed by atoms with Gasteiger partial charge in [0.05, 0.1) is 18.8 Å². The van der Waals surface area contributed by atoms with Crippen LogP contribution in [0.1, 0.15) is 17.3 Å². The van der Waals surface area contributed by atoms with Gasteiger partial charge in [0.25, 0.3) is 5.91 Å². The molecule has 0 atom stereocenters. The molecule has 20 heavy (non-hydrogen) atoms. The van der Waals surface area contributed by atoms with Crippen LogP contribution in [0.2, 0.25) is 0 Å². The van der Waals surface area contributed by atoms with E-state index in [1.54, 1.807) is 24.3 Å². The van der Waals surface area contributed by atoms with Crippen LogP contribution in [0, 0.1) is 0 Å². The zero-order chi connectivity index (χ0) is 14.8. The number of para-hydroxylation sites is 1. The minimum absolute atomic E-state index is 0.177. The molecule has 0 saturated heterocycles. The molecule has 0 spiro atoms. The fourth-order valence-corrected chi connectivity index (χ4v) is 1.51. The number of hydrogen-bond donors (Lipinski definition) is 1. The van der Waals surface area contributed by atoms with Gasteiger partial charge in [0.15, 0.2) is 0 Å². The van der Waals surface area contributed by atoms with Crippen molar-refractivity contribution in [1.82, 2.24) is 5.32 Å². The molecule has 0 heterocycles. The quantitative estimate of drug-likeness (QED) is 0.556. The van der Waals surface area contributed by atoms with Gasteiger partial charge in [-0.3, -0.25) is 4.79 Å². The Bertz CT molecular complexity index is 469. The highest BCUT2D eigenvalue weighted by Gasteiger charge is 2.10. The molecule has 0 unspecified atom stereocenters. The second-order valence-corrected chi connectivity index (χ2v) is 4.36. The maximum atomic E-state index is 12.0. The SMILES string of the molecule is C=CCOc1ccccc1C(=O)NCCOCC(=C)C. The van der Waals surface area contributed by atoms with Gasteiger partial charge in [-0.1, -0.05) is 36.9 Å². The molecule has 0 bridgehead atoms. The van der Waals surface area contributed by atoms with Gasteiger partial charge in [0, 0.05) is 6.54 Å². The summed E-state index contributed by atoms with van der Waals surface area (Å²) in [6.07, 6.45) is 1.64. The summed E-state index contributed by atoms with van der Waals surface area (Å²) in [5, 5.41) is 2.79. The molecule has 1 amide bonds. The predicted molar refractivity (Wildman–Crippen MR) is 80.1 cm³/mol. The summed E-state index contributed by atoms with van der Waals surface area (Å²) >= 11 is 0. The third-order valence-corrected chi connectivity index (χ3v) is 2.37. The largest absolute Gasteiger partial charge is 0.489 e. The molecule has 0 saturated carbocycles. The molecule has 0 aliphatic rings. The summed E-state index contributed by atoms with van der Waals surface area (Å²) in [6, 6.07) is 7.11. The van der Waals surface area contributed by atoms with E-state index in [0.29, 0.717) is 37.7 Å². The smallest absolute Gasteiger partial charge is 0.255 e. The molecule has 1 aromatic carbocycles. The summed E-state index contributed by atoms with van der Waals surface area (Å²) in [5.74, 6) is 0.372. The molecule has 4 nitrogen and oxygen atoms in total. The van der Waals surface area contributed by atoms with Crippen molar-refractivity contribution in [2.45, 2.75) is 6.92 Å². The van der Waals surface area contributed by atoms with E-state index in [4.69, 9.17) is 9.47 Å². The first-order chi connectivity index (χ1) is 9.65.